The summed E-state index contributed by atoms with van der Waals surface area (Å²) in [6.45, 7) is 0. The Morgan fingerprint density at radius 2 is 1.58 bits per heavy atom. The Hall–Kier alpha value is -1.58. The predicted molar refractivity (Wildman–Crippen MR) is 73.2 cm³/mol. The highest BCUT2D eigenvalue weighted by Crippen LogP contribution is 2.28. The van der Waals surface area contributed by atoms with E-state index < -0.39 is 11.8 Å². The quantitative estimate of drug-likeness (QED) is 0.910. The summed E-state index contributed by atoms with van der Waals surface area (Å²) in [4.78, 5) is 10.7. The van der Waals surface area contributed by atoms with Gasteiger partial charge in [-0.15, -0.1) is 0 Å². The molecule has 0 aliphatic heterocycles. The van der Waals surface area contributed by atoms with E-state index >= 15 is 0 Å². The van der Waals surface area contributed by atoms with Crippen LogP contribution < -0.4 is 0 Å². The molecule has 2 nitrogen and oxygen atoms in total. The molecule has 0 aliphatic rings. The monoisotopic (exact) mass is 298 g/mol. The summed E-state index contributed by atoms with van der Waals surface area (Å²) in [5.41, 5.74) is 1.57. The van der Waals surface area contributed by atoms with E-state index in [1.54, 1.807) is 24.3 Å². The van der Waals surface area contributed by atoms with Gasteiger partial charge in [-0.25, -0.2) is 4.39 Å². The van der Waals surface area contributed by atoms with Crippen LogP contribution in [0.25, 0.3) is 11.1 Å². The second-order valence-corrected chi connectivity index (χ2v) is 4.95. The van der Waals surface area contributed by atoms with E-state index in [-0.39, 0.29) is 6.42 Å². The molecule has 0 aromatic heterocycles. The number of carboxylic acids is 1. The van der Waals surface area contributed by atoms with Crippen molar-refractivity contribution in [3.8, 4) is 11.1 Å². The minimum absolute atomic E-state index is 0.237. The van der Waals surface area contributed by atoms with Gasteiger partial charge in [0.2, 0.25) is 0 Å². The van der Waals surface area contributed by atoms with Gasteiger partial charge in [-0.05, 0) is 47.0 Å². The molecule has 2 rings (SSSR count). The fourth-order valence-electron chi connectivity index (χ4n) is 1.81. The van der Waals surface area contributed by atoms with Crippen LogP contribution in [0, 0.1) is 5.82 Å². The highest BCUT2D eigenvalue weighted by molar-refractivity contribution is 6.35. The minimum atomic E-state index is -1.01. The average molecular weight is 299 g/mol. The Kier molecular flexibility index (Phi) is 4.08. The summed E-state index contributed by atoms with van der Waals surface area (Å²) >= 11 is 11.8. The molecule has 0 fully saturated rings. The van der Waals surface area contributed by atoms with Gasteiger partial charge in [-0.2, -0.15) is 0 Å². The van der Waals surface area contributed by atoms with Crippen molar-refractivity contribution in [2.75, 3.05) is 0 Å². The molecule has 0 saturated carbocycles. The molecule has 0 aliphatic carbocycles. The van der Waals surface area contributed by atoms with Crippen LogP contribution in [-0.4, -0.2) is 11.1 Å². The number of hydrogen-bond donors (Lipinski definition) is 1. The second-order valence-electron chi connectivity index (χ2n) is 4.08. The van der Waals surface area contributed by atoms with Crippen molar-refractivity contribution in [1.82, 2.24) is 0 Å². The van der Waals surface area contributed by atoms with Gasteiger partial charge >= 0.3 is 5.97 Å². The lowest BCUT2D eigenvalue weighted by atomic mass is 10.0. The molecule has 0 radical (unpaired) electrons. The number of carbonyl (C=O) groups is 1. The van der Waals surface area contributed by atoms with Crippen LogP contribution >= 0.6 is 23.2 Å². The molecule has 0 heterocycles. The van der Waals surface area contributed by atoms with Crippen LogP contribution in [0.1, 0.15) is 5.56 Å². The number of carboxylic acid groups (broad SMARTS) is 1. The number of benzene rings is 2. The summed E-state index contributed by atoms with van der Waals surface area (Å²) in [6.07, 6.45) is -0.237. The van der Waals surface area contributed by atoms with Crippen LogP contribution in [-0.2, 0) is 11.2 Å². The molecule has 0 saturated heterocycles. The zero-order chi connectivity index (χ0) is 14.0. The molecule has 0 spiro atoms. The summed E-state index contributed by atoms with van der Waals surface area (Å²) in [5, 5.41) is 9.62. The number of halogens is 3. The lowest BCUT2D eigenvalue weighted by Gasteiger charge is -2.06. The molecular weight excluding hydrogens is 290 g/mol. The lowest BCUT2D eigenvalue weighted by Crippen LogP contribution is -2.00. The van der Waals surface area contributed by atoms with Gasteiger partial charge in [0.25, 0.3) is 0 Å². The van der Waals surface area contributed by atoms with E-state index in [0.717, 1.165) is 0 Å². The first-order valence-corrected chi connectivity index (χ1v) is 6.17. The minimum Gasteiger partial charge on any atom is -0.481 e. The molecule has 19 heavy (non-hydrogen) atoms. The molecular formula is C14H9Cl2FO2. The Labute approximate surface area is 119 Å². The second kappa shape index (κ2) is 5.59. The van der Waals surface area contributed by atoms with Crippen molar-refractivity contribution in [2.45, 2.75) is 6.42 Å². The van der Waals surface area contributed by atoms with E-state index in [1.165, 1.54) is 12.1 Å². The summed E-state index contributed by atoms with van der Waals surface area (Å²) in [7, 11) is 0. The maximum Gasteiger partial charge on any atom is 0.307 e. The molecule has 0 atom stereocenters. The van der Waals surface area contributed by atoms with Gasteiger partial charge < -0.3 is 5.11 Å². The smallest absolute Gasteiger partial charge is 0.307 e. The van der Waals surface area contributed by atoms with Gasteiger partial charge in [0, 0.05) is 10.0 Å². The zero-order valence-electron chi connectivity index (χ0n) is 9.66. The molecule has 0 bridgehead atoms. The molecule has 2 aromatic carbocycles. The van der Waals surface area contributed by atoms with Crippen molar-refractivity contribution in [3.05, 3.63) is 57.8 Å². The number of aliphatic carboxylic acids is 1. The van der Waals surface area contributed by atoms with Crippen LogP contribution in [0.3, 0.4) is 0 Å². The SMILES string of the molecule is O=C(O)Cc1cc(F)cc(-c2cc(Cl)cc(Cl)c2)c1. The largest absolute Gasteiger partial charge is 0.481 e. The molecule has 2 aromatic rings. The van der Waals surface area contributed by atoms with Gasteiger partial charge in [0.1, 0.15) is 5.82 Å². The van der Waals surface area contributed by atoms with Gasteiger partial charge in [0.15, 0.2) is 0 Å². The van der Waals surface area contributed by atoms with E-state index in [0.29, 0.717) is 26.7 Å². The summed E-state index contributed by atoms with van der Waals surface area (Å²) < 4.78 is 13.5. The predicted octanol–water partition coefficient (Wildman–Crippen LogP) is 4.43. The van der Waals surface area contributed by atoms with Crippen LogP contribution in [0.5, 0.6) is 0 Å². The van der Waals surface area contributed by atoms with Crippen LogP contribution in [0.4, 0.5) is 4.39 Å². The fraction of sp³-hybridized carbons (Fsp3) is 0.0714. The summed E-state index contributed by atoms with van der Waals surface area (Å²) in [6, 6.07) is 8.99. The highest BCUT2D eigenvalue weighted by atomic mass is 35.5. The maximum absolute atomic E-state index is 13.5. The Morgan fingerprint density at radius 3 is 2.16 bits per heavy atom. The van der Waals surface area contributed by atoms with Gasteiger partial charge in [-0.3, -0.25) is 4.79 Å². The van der Waals surface area contributed by atoms with E-state index in [9.17, 15) is 9.18 Å². The third-order valence-corrected chi connectivity index (χ3v) is 2.95. The van der Waals surface area contributed by atoms with Crippen molar-refractivity contribution < 1.29 is 14.3 Å². The summed E-state index contributed by atoms with van der Waals surface area (Å²) in [5.74, 6) is -1.51. The lowest BCUT2D eigenvalue weighted by molar-refractivity contribution is -0.136. The van der Waals surface area contributed by atoms with Crippen molar-refractivity contribution >= 4 is 29.2 Å². The Bertz CT molecular complexity index is 621. The first kappa shape index (κ1) is 13.8. The molecule has 5 heteroatoms. The van der Waals surface area contributed by atoms with E-state index in [4.69, 9.17) is 28.3 Å². The van der Waals surface area contributed by atoms with Crippen molar-refractivity contribution in [2.24, 2.45) is 0 Å². The first-order chi connectivity index (χ1) is 8.94. The molecule has 98 valence electrons. The van der Waals surface area contributed by atoms with Crippen molar-refractivity contribution in [1.29, 1.82) is 0 Å². The van der Waals surface area contributed by atoms with Gasteiger partial charge in [0.05, 0.1) is 6.42 Å². The highest BCUT2D eigenvalue weighted by Gasteiger charge is 2.08. The third kappa shape index (κ3) is 3.69. The Morgan fingerprint density at radius 1 is 1.00 bits per heavy atom. The topological polar surface area (TPSA) is 37.3 Å². The van der Waals surface area contributed by atoms with E-state index in [2.05, 4.69) is 0 Å². The van der Waals surface area contributed by atoms with Gasteiger partial charge in [-0.1, -0.05) is 29.3 Å². The third-order valence-electron chi connectivity index (χ3n) is 2.51. The zero-order valence-corrected chi connectivity index (χ0v) is 11.2. The molecule has 0 unspecified atom stereocenters. The Balaban J connectivity index is 2.49. The normalized spacial score (nSPS) is 10.5. The molecule has 1 N–H and O–H groups in total. The number of hydrogen-bond acceptors (Lipinski definition) is 1. The first-order valence-electron chi connectivity index (χ1n) is 5.42. The average Bonchev–Trinajstić information content (AvgIpc) is 2.25. The number of rotatable bonds is 3. The van der Waals surface area contributed by atoms with E-state index in [1.807, 2.05) is 0 Å². The fourth-order valence-corrected chi connectivity index (χ4v) is 2.34. The van der Waals surface area contributed by atoms with Crippen LogP contribution in [0.2, 0.25) is 10.0 Å². The maximum atomic E-state index is 13.5. The standard InChI is InChI=1S/C14H9Cl2FO2/c15-11-4-10(5-12(16)7-11)9-1-8(3-14(18)19)2-13(17)6-9/h1-2,4-7H,3H2,(H,18,19). The molecule has 0 amide bonds. The van der Waals surface area contributed by atoms with Crippen molar-refractivity contribution in [3.63, 3.8) is 0 Å². The van der Waals surface area contributed by atoms with Crippen LogP contribution in [0.15, 0.2) is 36.4 Å².